The highest BCUT2D eigenvalue weighted by atomic mass is 16.6. The normalized spacial score (nSPS) is 12.5. The molecule has 0 aliphatic heterocycles. The fourth-order valence-electron chi connectivity index (χ4n) is 0.759. The summed E-state index contributed by atoms with van der Waals surface area (Å²) in [7, 11) is 0. The van der Waals surface area contributed by atoms with E-state index >= 15 is 0 Å². The molecule has 5 heteroatoms. The van der Waals surface area contributed by atoms with Crippen LogP contribution in [0, 0.1) is 0 Å². The lowest BCUT2D eigenvalue weighted by atomic mass is 10.4. The molecule has 78 valence electrons. The Bertz CT molecular complexity index is 140. The highest BCUT2D eigenvalue weighted by Crippen LogP contribution is 1.93. The van der Waals surface area contributed by atoms with Gasteiger partial charge in [-0.3, -0.25) is 4.79 Å². The van der Waals surface area contributed by atoms with Crippen molar-refractivity contribution >= 4 is 5.97 Å². The van der Waals surface area contributed by atoms with Crippen LogP contribution < -0.4 is 5.73 Å². The van der Waals surface area contributed by atoms with Gasteiger partial charge < -0.3 is 20.3 Å². The van der Waals surface area contributed by atoms with Gasteiger partial charge in [-0.05, 0) is 13.0 Å². The minimum atomic E-state index is -0.560. The second-order valence-electron chi connectivity index (χ2n) is 2.63. The molecular weight excluding hydrogens is 174 g/mol. The smallest absolute Gasteiger partial charge is 0.303 e. The minimum Gasteiger partial charge on any atom is -0.458 e. The van der Waals surface area contributed by atoms with E-state index in [2.05, 4.69) is 0 Å². The number of nitrogens with two attached hydrogens (primary N) is 1. The second kappa shape index (κ2) is 7.97. The Morgan fingerprint density at radius 2 is 2.31 bits per heavy atom. The minimum absolute atomic E-state index is 0.218. The molecule has 0 aromatic carbocycles. The summed E-state index contributed by atoms with van der Waals surface area (Å²) in [4.78, 5) is 10.5. The van der Waals surface area contributed by atoms with E-state index < -0.39 is 12.1 Å². The van der Waals surface area contributed by atoms with Crippen LogP contribution in [0.5, 0.6) is 0 Å². The zero-order valence-corrected chi connectivity index (χ0v) is 7.86. The molecule has 0 bridgehead atoms. The quantitative estimate of drug-likeness (QED) is 0.410. The molecule has 0 saturated carbocycles. The first kappa shape index (κ1) is 12.3. The molecule has 1 atom stereocenters. The zero-order valence-electron chi connectivity index (χ0n) is 7.86. The fraction of sp³-hybridized carbons (Fsp3) is 0.875. The molecule has 0 saturated heterocycles. The van der Waals surface area contributed by atoms with Gasteiger partial charge in [0.1, 0.15) is 6.10 Å². The van der Waals surface area contributed by atoms with Crippen molar-refractivity contribution in [3.05, 3.63) is 0 Å². The first-order valence-corrected chi connectivity index (χ1v) is 4.26. The van der Waals surface area contributed by atoms with Crippen LogP contribution in [0.25, 0.3) is 0 Å². The van der Waals surface area contributed by atoms with E-state index in [1.807, 2.05) is 0 Å². The Balaban J connectivity index is 3.42. The van der Waals surface area contributed by atoms with Gasteiger partial charge in [0, 0.05) is 13.5 Å². The molecule has 0 radical (unpaired) electrons. The molecule has 0 aliphatic carbocycles. The van der Waals surface area contributed by atoms with Gasteiger partial charge in [-0.2, -0.15) is 0 Å². The molecule has 0 fully saturated rings. The molecule has 0 amide bonds. The van der Waals surface area contributed by atoms with Crippen LogP contribution in [0.1, 0.15) is 13.3 Å². The van der Waals surface area contributed by atoms with Crippen molar-refractivity contribution in [1.29, 1.82) is 0 Å². The van der Waals surface area contributed by atoms with Gasteiger partial charge in [-0.1, -0.05) is 0 Å². The number of rotatable bonds is 7. The van der Waals surface area contributed by atoms with Crippen molar-refractivity contribution in [2.45, 2.75) is 19.4 Å². The standard InChI is InChI=1S/C8H17NO4/c1-7(11)13-8(5-10)6-12-4-2-3-9/h8,10H,2-6,9H2,1H3. The van der Waals surface area contributed by atoms with Crippen molar-refractivity contribution in [1.82, 2.24) is 0 Å². The van der Waals surface area contributed by atoms with Crippen molar-refractivity contribution in [2.24, 2.45) is 5.73 Å². The van der Waals surface area contributed by atoms with Gasteiger partial charge in [0.15, 0.2) is 0 Å². The summed E-state index contributed by atoms with van der Waals surface area (Å²) in [6.45, 7) is 2.38. The number of carbonyl (C=O) groups is 1. The summed E-state index contributed by atoms with van der Waals surface area (Å²) in [6, 6.07) is 0. The Morgan fingerprint density at radius 3 is 2.77 bits per heavy atom. The van der Waals surface area contributed by atoms with E-state index in [-0.39, 0.29) is 13.2 Å². The van der Waals surface area contributed by atoms with E-state index in [1.165, 1.54) is 6.92 Å². The SMILES string of the molecule is CC(=O)OC(CO)COCCCN. The van der Waals surface area contributed by atoms with E-state index in [0.717, 1.165) is 6.42 Å². The van der Waals surface area contributed by atoms with Crippen molar-refractivity contribution in [2.75, 3.05) is 26.4 Å². The van der Waals surface area contributed by atoms with Gasteiger partial charge >= 0.3 is 5.97 Å². The maximum absolute atomic E-state index is 10.5. The number of esters is 1. The van der Waals surface area contributed by atoms with E-state index in [0.29, 0.717) is 13.2 Å². The van der Waals surface area contributed by atoms with Crippen molar-refractivity contribution < 1.29 is 19.4 Å². The van der Waals surface area contributed by atoms with Crippen LogP contribution in [0.2, 0.25) is 0 Å². The Kier molecular flexibility index (Phi) is 7.57. The number of aliphatic hydroxyl groups excluding tert-OH is 1. The number of ether oxygens (including phenoxy) is 2. The van der Waals surface area contributed by atoms with Crippen molar-refractivity contribution in [3.63, 3.8) is 0 Å². The lowest BCUT2D eigenvalue weighted by Crippen LogP contribution is -2.26. The maximum atomic E-state index is 10.5. The first-order chi connectivity index (χ1) is 6.20. The summed E-state index contributed by atoms with van der Waals surface area (Å²) < 4.78 is 9.85. The highest BCUT2D eigenvalue weighted by molar-refractivity contribution is 5.66. The lowest BCUT2D eigenvalue weighted by molar-refractivity contribution is -0.151. The lowest BCUT2D eigenvalue weighted by Gasteiger charge is -2.14. The Labute approximate surface area is 77.8 Å². The monoisotopic (exact) mass is 191 g/mol. The topological polar surface area (TPSA) is 81.8 Å². The van der Waals surface area contributed by atoms with Gasteiger partial charge in [0.05, 0.1) is 13.2 Å². The van der Waals surface area contributed by atoms with Crippen LogP contribution in [0.3, 0.4) is 0 Å². The zero-order chi connectivity index (χ0) is 10.1. The number of aliphatic hydroxyl groups is 1. The summed E-state index contributed by atoms with van der Waals surface area (Å²) in [5.74, 6) is -0.415. The van der Waals surface area contributed by atoms with Crippen LogP contribution in [0.4, 0.5) is 0 Å². The average Bonchev–Trinajstić information content (AvgIpc) is 2.09. The molecule has 0 heterocycles. The third-order valence-corrected chi connectivity index (χ3v) is 1.33. The maximum Gasteiger partial charge on any atom is 0.303 e. The molecule has 0 rings (SSSR count). The predicted molar refractivity (Wildman–Crippen MR) is 47.1 cm³/mol. The number of hydrogen-bond acceptors (Lipinski definition) is 5. The molecular formula is C8H17NO4. The fourth-order valence-corrected chi connectivity index (χ4v) is 0.759. The molecule has 3 N–H and O–H groups in total. The van der Waals surface area contributed by atoms with E-state index in [1.54, 1.807) is 0 Å². The summed E-state index contributed by atoms with van der Waals surface area (Å²) in [5, 5.41) is 8.75. The van der Waals surface area contributed by atoms with E-state index in [4.69, 9.17) is 20.3 Å². The van der Waals surface area contributed by atoms with Crippen LogP contribution >= 0.6 is 0 Å². The molecule has 1 unspecified atom stereocenters. The molecule has 0 spiro atoms. The predicted octanol–water partition coefficient (Wildman–Crippen LogP) is -0.724. The third kappa shape index (κ3) is 7.70. The van der Waals surface area contributed by atoms with Gasteiger partial charge in [-0.25, -0.2) is 0 Å². The van der Waals surface area contributed by atoms with Gasteiger partial charge in [-0.15, -0.1) is 0 Å². The van der Waals surface area contributed by atoms with Gasteiger partial charge in [0.2, 0.25) is 0 Å². The molecule has 0 aromatic heterocycles. The first-order valence-electron chi connectivity index (χ1n) is 4.26. The van der Waals surface area contributed by atoms with Gasteiger partial charge in [0.25, 0.3) is 0 Å². The Hall–Kier alpha value is -0.650. The second-order valence-corrected chi connectivity index (χ2v) is 2.63. The third-order valence-electron chi connectivity index (χ3n) is 1.33. The van der Waals surface area contributed by atoms with Crippen LogP contribution in [0.15, 0.2) is 0 Å². The number of hydrogen-bond donors (Lipinski definition) is 2. The summed E-state index contributed by atoms with van der Waals surface area (Å²) in [6.07, 6.45) is 0.202. The summed E-state index contributed by atoms with van der Waals surface area (Å²) >= 11 is 0. The molecule has 13 heavy (non-hydrogen) atoms. The largest absolute Gasteiger partial charge is 0.458 e. The Morgan fingerprint density at radius 1 is 1.62 bits per heavy atom. The average molecular weight is 191 g/mol. The summed E-state index contributed by atoms with van der Waals surface area (Å²) in [5.41, 5.74) is 5.24. The number of carbonyl (C=O) groups excluding carboxylic acids is 1. The van der Waals surface area contributed by atoms with Crippen LogP contribution in [-0.2, 0) is 14.3 Å². The van der Waals surface area contributed by atoms with Crippen molar-refractivity contribution in [3.8, 4) is 0 Å². The molecule has 0 aliphatic rings. The highest BCUT2D eigenvalue weighted by Gasteiger charge is 2.09. The van der Waals surface area contributed by atoms with Crippen LogP contribution in [-0.4, -0.2) is 43.5 Å². The molecule has 0 aromatic rings. The van der Waals surface area contributed by atoms with E-state index in [9.17, 15) is 4.79 Å². The molecule has 5 nitrogen and oxygen atoms in total.